The molecule has 0 saturated carbocycles. The molecule has 2 rings (SSSR count). The number of hydrogen-bond acceptors (Lipinski definition) is 4. The highest BCUT2D eigenvalue weighted by molar-refractivity contribution is 7.13. The van der Waals surface area contributed by atoms with Crippen molar-refractivity contribution in [1.29, 1.82) is 0 Å². The molecule has 0 aliphatic heterocycles. The maximum atomic E-state index is 13.8. The number of hydrogen-bond donors (Lipinski definition) is 0. The van der Waals surface area contributed by atoms with Crippen LogP contribution in [0, 0.1) is 5.82 Å². The molecule has 0 aliphatic rings. The van der Waals surface area contributed by atoms with Crippen LogP contribution in [0.2, 0.25) is 5.02 Å². The van der Waals surface area contributed by atoms with Gasteiger partial charge in [0.05, 0.1) is 11.6 Å². The van der Waals surface area contributed by atoms with E-state index < -0.39 is 11.8 Å². The van der Waals surface area contributed by atoms with Crippen molar-refractivity contribution in [2.75, 3.05) is 6.61 Å². The van der Waals surface area contributed by atoms with Gasteiger partial charge in [-0.1, -0.05) is 17.7 Å². The van der Waals surface area contributed by atoms with Gasteiger partial charge in [0.1, 0.15) is 5.01 Å². The summed E-state index contributed by atoms with van der Waals surface area (Å²) in [6, 6.07) is 4.65. The second-order valence-electron chi connectivity index (χ2n) is 3.36. The first-order valence-electron chi connectivity index (χ1n) is 5.20. The van der Waals surface area contributed by atoms with E-state index >= 15 is 0 Å². The Kier molecular flexibility index (Phi) is 3.93. The third-order valence-corrected chi connectivity index (χ3v) is 3.34. The van der Waals surface area contributed by atoms with Crippen LogP contribution in [0.3, 0.4) is 0 Å². The van der Waals surface area contributed by atoms with Gasteiger partial charge in [0.2, 0.25) is 0 Å². The van der Waals surface area contributed by atoms with Gasteiger partial charge in [0.15, 0.2) is 11.5 Å². The average Bonchev–Trinajstić information content (AvgIpc) is 2.82. The molecule has 0 N–H and O–H groups in total. The molecule has 0 atom stereocenters. The highest BCUT2D eigenvalue weighted by atomic mass is 35.5. The molecular weight excluding hydrogens is 277 g/mol. The van der Waals surface area contributed by atoms with Crippen LogP contribution in [0.1, 0.15) is 17.4 Å². The van der Waals surface area contributed by atoms with Gasteiger partial charge in [-0.05, 0) is 19.1 Å². The number of aromatic nitrogens is 1. The Labute approximate surface area is 112 Å². The predicted molar refractivity (Wildman–Crippen MR) is 68.5 cm³/mol. The lowest BCUT2D eigenvalue weighted by atomic mass is 10.2. The van der Waals surface area contributed by atoms with Gasteiger partial charge in [-0.2, -0.15) is 0 Å². The quantitative estimate of drug-likeness (QED) is 0.806. The molecule has 0 spiro atoms. The first-order valence-corrected chi connectivity index (χ1v) is 6.46. The summed E-state index contributed by atoms with van der Waals surface area (Å²) in [5, 5.41) is 1.96. The summed E-state index contributed by atoms with van der Waals surface area (Å²) in [4.78, 5) is 15.5. The van der Waals surface area contributed by atoms with Crippen LogP contribution < -0.4 is 0 Å². The molecule has 18 heavy (non-hydrogen) atoms. The van der Waals surface area contributed by atoms with E-state index in [0.717, 1.165) is 0 Å². The van der Waals surface area contributed by atoms with E-state index in [-0.39, 0.29) is 22.9 Å². The summed E-state index contributed by atoms with van der Waals surface area (Å²) in [5.74, 6) is -1.05. The topological polar surface area (TPSA) is 39.2 Å². The summed E-state index contributed by atoms with van der Waals surface area (Å²) in [5.41, 5.74) is 0.458. The minimum atomic E-state index is -0.538. The van der Waals surface area contributed by atoms with Crippen molar-refractivity contribution in [3.63, 3.8) is 0 Å². The van der Waals surface area contributed by atoms with Crippen LogP contribution in [-0.4, -0.2) is 17.6 Å². The number of thiazole rings is 1. The fraction of sp³-hybridized carbons (Fsp3) is 0.167. The summed E-state index contributed by atoms with van der Waals surface area (Å²) >= 11 is 6.86. The zero-order valence-corrected chi connectivity index (χ0v) is 11.0. The van der Waals surface area contributed by atoms with Gasteiger partial charge >= 0.3 is 5.97 Å². The number of esters is 1. The molecule has 1 aromatic heterocycles. The smallest absolute Gasteiger partial charge is 0.357 e. The largest absolute Gasteiger partial charge is 0.461 e. The number of carbonyl (C=O) groups excluding carboxylic acids is 1. The molecule has 3 nitrogen and oxygen atoms in total. The maximum absolute atomic E-state index is 13.8. The van der Waals surface area contributed by atoms with Crippen molar-refractivity contribution < 1.29 is 13.9 Å². The normalized spacial score (nSPS) is 10.4. The van der Waals surface area contributed by atoms with Crippen molar-refractivity contribution in [3.05, 3.63) is 40.1 Å². The third-order valence-electron chi connectivity index (χ3n) is 2.17. The van der Waals surface area contributed by atoms with Gasteiger partial charge in [-0.25, -0.2) is 14.2 Å². The van der Waals surface area contributed by atoms with E-state index in [1.807, 2.05) is 0 Å². The molecule has 2 aromatic rings. The number of ether oxygens (including phenoxy) is 1. The van der Waals surface area contributed by atoms with E-state index in [0.29, 0.717) is 5.01 Å². The van der Waals surface area contributed by atoms with Gasteiger partial charge in [0.25, 0.3) is 0 Å². The molecule has 0 aliphatic carbocycles. The average molecular weight is 286 g/mol. The summed E-state index contributed by atoms with van der Waals surface area (Å²) in [7, 11) is 0. The Morgan fingerprint density at radius 1 is 1.56 bits per heavy atom. The zero-order chi connectivity index (χ0) is 13.1. The lowest BCUT2D eigenvalue weighted by molar-refractivity contribution is 0.0520. The fourth-order valence-electron chi connectivity index (χ4n) is 1.37. The van der Waals surface area contributed by atoms with Gasteiger partial charge < -0.3 is 4.74 Å². The number of halogens is 2. The second kappa shape index (κ2) is 5.46. The molecule has 0 bridgehead atoms. The first kappa shape index (κ1) is 13.0. The van der Waals surface area contributed by atoms with Gasteiger partial charge in [-0.3, -0.25) is 0 Å². The number of benzene rings is 1. The van der Waals surface area contributed by atoms with E-state index in [2.05, 4.69) is 4.98 Å². The highest BCUT2D eigenvalue weighted by Crippen LogP contribution is 2.29. The van der Waals surface area contributed by atoms with Crippen LogP contribution in [-0.2, 0) is 4.74 Å². The van der Waals surface area contributed by atoms with Crippen LogP contribution in [0.25, 0.3) is 10.6 Å². The lowest BCUT2D eigenvalue weighted by Crippen LogP contribution is -2.04. The van der Waals surface area contributed by atoms with E-state index in [4.69, 9.17) is 16.3 Å². The van der Waals surface area contributed by atoms with E-state index in [9.17, 15) is 9.18 Å². The van der Waals surface area contributed by atoms with Gasteiger partial charge in [-0.15, -0.1) is 11.3 Å². The second-order valence-corrected chi connectivity index (χ2v) is 4.63. The molecule has 0 unspecified atom stereocenters. The zero-order valence-electron chi connectivity index (χ0n) is 9.44. The van der Waals surface area contributed by atoms with E-state index in [1.165, 1.54) is 22.8 Å². The SMILES string of the molecule is CCOC(=O)c1csc(-c2cccc(Cl)c2F)n1. The van der Waals surface area contributed by atoms with Crippen LogP contribution in [0.4, 0.5) is 4.39 Å². The molecule has 1 heterocycles. The molecule has 0 fully saturated rings. The van der Waals surface area contributed by atoms with Gasteiger partial charge in [0, 0.05) is 10.9 Å². The Hall–Kier alpha value is -1.46. The van der Waals surface area contributed by atoms with Crippen LogP contribution >= 0.6 is 22.9 Å². The van der Waals surface area contributed by atoms with E-state index in [1.54, 1.807) is 19.1 Å². The summed E-state index contributed by atoms with van der Waals surface area (Å²) in [6.07, 6.45) is 0. The molecule has 1 aromatic carbocycles. The summed E-state index contributed by atoms with van der Waals surface area (Å²) < 4.78 is 18.6. The Bertz CT molecular complexity index is 585. The molecule has 6 heteroatoms. The number of nitrogens with zero attached hydrogens (tertiary/aromatic N) is 1. The highest BCUT2D eigenvalue weighted by Gasteiger charge is 2.16. The molecule has 0 saturated heterocycles. The standard InChI is InChI=1S/C12H9ClFNO2S/c1-2-17-12(16)9-6-18-11(15-9)7-4-3-5-8(13)10(7)14/h3-6H,2H2,1H3. The lowest BCUT2D eigenvalue weighted by Gasteiger charge is -2.00. The third kappa shape index (κ3) is 2.52. The summed E-state index contributed by atoms with van der Waals surface area (Å²) in [6.45, 7) is 1.99. The van der Waals surface area contributed by atoms with Crippen LogP contribution in [0.15, 0.2) is 23.6 Å². The maximum Gasteiger partial charge on any atom is 0.357 e. The van der Waals surface area contributed by atoms with Crippen molar-refractivity contribution in [2.45, 2.75) is 6.92 Å². The minimum Gasteiger partial charge on any atom is -0.461 e. The Balaban J connectivity index is 2.35. The van der Waals surface area contributed by atoms with Crippen molar-refractivity contribution in [1.82, 2.24) is 4.98 Å². The molecule has 94 valence electrons. The van der Waals surface area contributed by atoms with Crippen molar-refractivity contribution >= 4 is 28.9 Å². The van der Waals surface area contributed by atoms with Crippen LogP contribution in [0.5, 0.6) is 0 Å². The predicted octanol–water partition coefficient (Wildman–Crippen LogP) is 3.78. The first-order chi connectivity index (χ1) is 8.63. The van der Waals surface area contributed by atoms with Crippen molar-refractivity contribution in [2.24, 2.45) is 0 Å². The number of rotatable bonds is 3. The number of carbonyl (C=O) groups is 1. The molecule has 0 radical (unpaired) electrons. The Morgan fingerprint density at radius 2 is 2.33 bits per heavy atom. The molecule has 0 amide bonds. The minimum absolute atomic E-state index is 0.0281. The molecular formula is C12H9ClFNO2S. The van der Waals surface area contributed by atoms with Crippen molar-refractivity contribution in [3.8, 4) is 10.6 Å². The fourth-order valence-corrected chi connectivity index (χ4v) is 2.35. The monoisotopic (exact) mass is 285 g/mol. The Morgan fingerprint density at radius 3 is 3.06 bits per heavy atom.